The topological polar surface area (TPSA) is 49.3 Å². The van der Waals surface area contributed by atoms with E-state index in [4.69, 9.17) is 5.11 Å². The van der Waals surface area contributed by atoms with Gasteiger partial charge in [0.1, 0.15) is 6.61 Å². The summed E-state index contributed by atoms with van der Waals surface area (Å²) in [6.07, 6.45) is 2.83. The Balaban J connectivity index is 2.34. The second-order valence-electron chi connectivity index (χ2n) is 3.11. The lowest BCUT2D eigenvalue weighted by Gasteiger charge is -2.04. The molecule has 2 N–H and O–H groups in total. The zero-order valence-electron chi connectivity index (χ0n) is 8.69. The van der Waals surface area contributed by atoms with Crippen molar-refractivity contribution in [2.45, 2.75) is 11.3 Å². The maximum atomic E-state index is 10.7. The molecular formula is C11H15NO2S. The predicted molar refractivity (Wildman–Crippen MR) is 62.0 cm³/mol. The number of hydrogen-bond donors (Lipinski definition) is 2. The summed E-state index contributed by atoms with van der Waals surface area (Å²) in [7, 11) is 0. The third kappa shape index (κ3) is 4.36. The third-order valence-electron chi connectivity index (χ3n) is 2.04. The molecule has 0 radical (unpaired) electrons. The Hall–Kier alpha value is -1.00. The lowest BCUT2D eigenvalue weighted by atomic mass is 10.1. The summed E-state index contributed by atoms with van der Waals surface area (Å²) in [6, 6.07) is 8.23. The van der Waals surface area contributed by atoms with E-state index < -0.39 is 6.61 Å². The number of nitrogens with one attached hydrogen (secondary N) is 1. The van der Waals surface area contributed by atoms with Gasteiger partial charge < -0.3 is 10.4 Å². The van der Waals surface area contributed by atoms with Crippen LogP contribution in [0.1, 0.15) is 5.56 Å². The van der Waals surface area contributed by atoms with Crippen molar-refractivity contribution >= 4 is 17.7 Å². The molecule has 15 heavy (non-hydrogen) atoms. The van der Waals surface area contributed by atoms with Crippen LogP contribution in [0.5, 0.6) is 0 Å². The van der Waals surface area contributed by atoms with Gasteiger partial charge in [-0.15, -0.1) is 11.8 Å². The molecule has 0 aromatic heterocycles. The van der Waals surface area contributed by atoms with E-state index in [1.165, 1.54) is 10.5 Å². The van der Waals surface area contributed by atoms with Crippen molar-refractivity contribution in [2.24, 2.45) is 0 Å². The molecule has 1 amide bonds. The Bertz CT molecular complexity index is 311. The van der Waals surface area contributed by atoms with Crippen LogP contribution in [0.4, 0.5) is 0 Å². The number of aliphatic hydroxyl groups excluding tert-OH is 1. The zero-order valence-corrected chi connectivity index (χ0v) is 9.51. The minimum atomic E-state index is -0.439. The van der Waals surface area contributed by atoms with Crippen molar-refractivity contribution < 1.29 is 9.90 Å². The molecule has 0 unspecified atom stereocenters. The zero-order chi connectivity index (χ0) is 11.1. The standard InChI is InChI=1S/C11H15NO2S/c1-15-10-4-2-9(3-5-10)6-7-12-11(14)8-13/h2-5,13H,6-8H2,1H3,(H,12,14). The number of carbonyl (C=O) groups is 1. The first-order valence-corrected chi connectivity index (χ1v) is 5.99. The van der Waals surface area contributed by atoms with Gasteiger partial charge in [-0.05, 0) is 30.4 Å². The molecule has 0 fully saturated rings. The van der Waals surface area contributed by atoms with Gasteiger partial charge in [0, 0.05) is 11.4 Å². The first-order valence-electron chi connectivity index (χ1n) is 4.76. The van der Waals surface area contributed by atoms with E-state index in [0.717, 1.165) is 6.42 Å². The summed E-state index contributed by atoms with van der Waals surface area (Å²) in [4.78, 5) is 12.0. The van der Waals surface area contributed by atoms with Crippen LogP contribution < -0.4 is 5.32 Å². The number of hydrogen-bond acceptors (Lipinski definition) is 3. The van der Waals surface area contributed by atoms with Crippen LogP contribution in [-0.2, 0) is 11.2 Å². The van der Waals surface area contributed by atoms with E-state index in [1.807, 2.05) is 6.26 Å². The van der Waals surface area contributed by atoms with Gasteiger partial charge in [0.05, 0.1) is 0 Å². The summed E-state index contributed by atoms with van der Waals surface area (Å²) >= 11 is 1.71. The highest BCUT2D eigenvalue weighted by molar-refractivity contribution is 7.98. The molecule has 0 aliphatic carbocycles. The Morgan fingerprint density at radius 3 is 2.60 bits per heavy atom. The van der Waals surface area contributed by atoms with Crippen LogP contribution in [0.2, 0.25) is 0 Å². The number of thioether (sulfide) groups is 1. The normalized spacial score (nSPS) is 10.0. The smallest absolute Gasteiger partial charge is 0.245 e. The molecule has 0 aliphatic rings. The SMILES string of the molecule is CSc1ccc(CCNC(=O)CO)cc1. The fourth-order valence-electron chi connectivity index (χ4n) is 1.19. The second kappa shape index (κ2) is 6.48. The van der Waals surface area contributed by atoms with Crippen LogP contribution in [0.15, 0.2) is 29.2 Å². The monoisotopic (exact) mass is 225 g/mol. The molecule has 1 aromatic carbocycles. The quantitative estimate of drug-likeness (QED) is 0.737. The first-order chi connectivity index (χ1) is 7.26. The molecule has 1 aromatic rings. The van der Waals surface area contributed by atoms with E-state index in [0.29, 0.717) is 6.54 Å². The van der Waals surface area contributed by atoms with Gasteiger partial charge in [-0.2, -0.15) is 0 Å². The number of carbonyl (C=O) groups excluding carboxylic acids is 1. The van der Waals surface area contributed by atoms with Crippen molar-refractivity contribution in [3.05, 3.63) is 29.8 Å². The average molecular weight is 225 g/mol. The van der Waals surface area contributed by atoms with Gasteiger partial charge in [-0.25, -0.2) is 0 Å². The Kier molecular flexibility index (Phi) is 5.21. The molecule has 1 rings (SSSR count). The number of amides is 1. The fourth-order valence-corrected chi connectivity index (χ4v) is 1.60. The maximum absolute atomic E-state index is 10.7. The minimum Gasteiger partial charge on any atom is -0.387 e. The van der Waals surface area contributed by atoms with Gasteiger partial charge in [0.2, 0.25) is 5.91 Å². The molecular weight excluding hydrogens is 210 g/mol. The summed E-state index contributed by atoms with van der Waals surface area (Å²) < 4.78 is 0. The number of rotatable bonds is 5. The highest BCUT2D eigenvalue weighted by Gasteiger charge is 1.97. The Morgan fingerprint density at radius 1 is 1.40 bits per heavy atom. The number of aliphatic hydroxyl groups is 1. The predicted octanol–water partition coefficient (Wildman–Crippen LogP) is 1.06. The summed E-state index contributed by atoms with van der Waals surface area (Å²) in [5.41, 5.74) is 1.19. The van der Waals surface area contributed by atoms with Gasteiger partial charge in [0.15, 0.2) is 0 Å². The molecule has 0 heterocycles. The molecule has 0 bridgehead atoms. The van der Waals surface area contributed by atoms with Crippen LogP contribution in [-0.4, -0.2) is 30.4 Å². The van der Waals surface area contributed by atoms with Gasteiger partial charge in [0.25, 0.3) is 0 Å². The molecule has 0 saturated carbocycles. The van der Waals surface area contributed by atoms with E-state index >= 15 is 0 Å². The van der Waals surface area contributed by atoms with E-state index in [2.05, 4.69) is 29.6 Å². The maximum Gasteiger partial charge on any atom is 0.245 e. The molecule has 0 atom stereocenters. The fraction of sp³-hybridized carbons (Fsp3) is 0.364. The van der Waals surface area contributed by atoms with Crippen LogP contribution in [0, 0.1) is 0 Å². The van der Waals surface area contributed by atoms with Crippen molar-refractivity contribution in [2.75, 3.05) is 19.4 Å². The molecule has 4 heteroatoms. The van der Waals surface area contributed by atoms with E-state index in [1.54, 1.807) is 11.8 Å². The van der Waals surface area contributed by atoms with Crippen molar-refractivity contribution in [3.8, 4) is 0 Å². The minimum absolute atomic E-state index is 0.323. The van der Waals surface area contributed by atoms with Crippen LogP contribution in [0.25, 0.3) is 0 Å². The Morgan fingerprint density at radius 2 is 2.07 bits per heavy atom. The highest BCUT2D eigenvalue weighted by atomic mass is 32.2. The lowest BCUT2D eigenvalue weighted by Crippen LogP contribution is -2.28. The van der Waals surface area contributed by atoms with Crippen LogP contribution >= 0.6 is 11.8 Å². The average Bonchev–Trinajstić information content (AvgIpc) is 2.29. The third-order valence-corrected chi connectivity index (χ3v) is 2.78. The van der Waals surface area contributed by atoms with Crippen LogP contribution in [0.3, 0.4) is 0 Å². The number of benzene rings is 1. The highest BCUT2D eigenvalue weighted by Crippen LogP contribution is 2.14. The Labute approximate surface area is 93.9 Å². The van der Waals surface area contributed by atoms with Gasteiger partial charge >= 0.3 is 0 Å². The second-order valence-corrected chi connectivity index (χ2v) is 3.99. The summed E-state index contributed by atoms with van der Waals surface area (Å²) in [5.74, 6) is -0.323. The molecule has 82 valence electrons. The van der Waals surface area contributed by atoms with Crippen molar-refractivity contribution in [3.63, 3.8) is 0 Å². The summed E-state index contributed by atoms with van der Waals surface area (Å²) in [5, 5.41) is 11.1. The summed E-state index contributed by atoms with van der Waals surface area (Å²) in [6.45, 7) is 0.128. The van der Waals surface area contributed by atoms with Gasteiger partial charge in [-0.1, -0.05) is 12.1 Å². The largest absolute Gasteiger partial charge is 0.387 e. The molecule has 3 nitrogen and oxygen atoms in total. The van der Waals surface area contributed by atoms with Crippen molar-refractivity contribution in [1.82, 2.24) is 5.32 Å². The molecule has 0 saturated heterocycles. The molecule has 0 aliphatic heterocycles. The first kappa shape index (κ1) is 12.1. The van der Waals surface area contributed by atoms with E-state index in [-0.39, 0.29) is 5.91 Å². The van der Waals surface area contributed by atoms with Crippen molar-refractivity contribution in [1.29, 1.82) is 0 Å². The van der Waals surface area contributed by atoms with E-state index in [9.17, 15) is 4.79 Å². The van der Waals surface area contributed by atoms with Gasteiger partial charge in [-0.3, -0.25) is 4.79 Å². The lowest BCUT2D eigenvalue weighted by molar-refractivity contribution is -0.123. The molecule has 0 spiro atoms.